The van der Waals surface area contributed by atoms with E-state index in [2.05, 4.69) is 21.2 Å². The predicted molar refractivity (Wildman–Crippen MR) is 96.6 cm³/mol. The lowest BCUT2D eigenvalue weighted by atomic mass is 10.2. The molecule has 3 aromatic rings. The Labute approximate surface area is 147 Å². The molecule has 6 heteroatoms. The second-order valence-electron chi connectivity index (χ2n) is 5.27. The van der Waals surface area contributed by atoms with Crippen molar-refractivity contribution in [2.24, 2.45) is 0 Å². The Morgan fingerprint density at radius 2 is 2.00 bits per heavy atom. The summed E-state index contributed by atoms with van der Waals surface area (Å²) in [5, 5.41) is 3.65. The fourth-order valence-corrected chi connectivity index (χ4v) is 2.91. The van der Waals surface area contributed by atoms with Crippen molar-refractivity contribution in [3.8, 4) is 5.75 Å². The SMILES string of the molecule is COc1ccc(NC(=O)Cn2cc(C=O)c3cc(Br)ccc32)cc1. The van der Waals surface area contributed by atoms with Crippen LogP contribution < -0.4 is 10.1 Å². The number of aldehydes is 1. The van der Waals surface area contributed by atoms with Crippen molar-refractivity contribution < 1.29 is 14.3 Å². The predicted octanol–water partition coefficient (Wildman–Crippen LogP) is 3.86. The van der Waals surface area contributed by atoms with Crippen LogP contribution in [0.5, 0.6) is 5.75 Å². The molecule has 0 aliphatic heterocycles. The highest BCUT2D eigenvalue weighted by molar-refractivity contribution is 9.10. The van der Waals surface area contributed by atoms with E-state index < -0.39 is 0 Å². The van der Waals surface area contributed by atoms with E-state index in [1.807, 2.05) is 18.2 Å². The van der Waals surface area contributed by atoms with Crippen LogP contribution in [-0.2, 0) is 11.3 Å². The fraction of sp³-hybridized carbons (Fsp3) is 0.111. The van der Waals surface area contributed by atoms with E-state index in [1.165, 1.54) is 0 Å². The molecule has 0 atom stereocenters. The molecule has 24 heavy (non-hydrogen) atoms. The van der Waals surface area contributed by atoms with Gasteiger partial charge in [0, 0.05) is 32.8 Å². The maximum Gasteiger partial charge on any atom is 0.244 e. The summed E-state index contributed by atoms with van der Waals surface area (Å²) in [5.41, 5.74) is 2.09. The number of fused-ring (bicyclic) bond motifs is 1. The van der Waals surface area contributed by atoms with Crippen LogP contribution >= 0.6 is 15.9 Å². The second kappa shape index (κ2) is 6.88. The molecule has 3 rings (SSSR count). The molecule has 1 amide bonds. The second-order valence-corrected chi connectivity index (χ2v) is 6.18. The van der Waals surface area contributed by atoms with Crippen LogP contribution in [0.4, 0.5) is 5.69 Å². The minimum Gasteiger partial charge on any atom is -0.497 e. The van der Waals surface area contributed by atoms with Gasteiger partial charge < -0.3 is 14.6 Å². The molecular formula is C18H15BrN2O3. The molecule has 1 N–H and O–H groups in total. The summed E-state index contributed by atoms with van der Waals surface area (Å²) in [6.45, 7) is 0.123. The summed E-state index contributed by atoms with van der Waals surface area (Å²) < 4.78 is 7.74. The molecule has 0 spiro atoms. The number of carbonyl (C=O) groups is 2. The van der Waals surface area contributed by atoms with E-state index >= 15 is 0 Å². The van der Waals surface area contributed by atoms with Crippen molar-refractivity contribution >= 4 is 44.7 Å². The van der Waals surface area contributed by atoms with Crippen molar-refractivity contribution in [2.45, 2.75) is 6.54 Å². The molecule has 0 radical (unpaired) electrons. The number of ether oxygens (including phenoxy) is 1. The highest BCUT2D eigenvalue weighted by Gasteiger charge is 2.11. The van der Waals surface area contributed by atoms with Gasteiger partial charge in [-0.3, -0.25) is 9.59 Å². The number of aromatic nitrogens is 1. The van der Waals surface area contributed by atoms with Gasteiger partial charge in [-0.25, -0.2) is 0 Å². The minimum atomic E-state index is -0.169. The van der Waals surface area contributed by atoms with Crippen LogP contribution in [0, 0.1) is 0 Å². The van der Waals surface area contributed by atoms with Gasteiger partial charge in [0.1, 0.15) is 12.3 Å². The average Bonchev–Trinajstić information content (AvgIpc) is 2.92. The lowest BCUT2D eigenvalue weighted by molar-refractivity contribution is -0.116. The maximum absolute atomic E-state index is 12.3. The number of nitrogens with one attached hydrogen (secondary N) is 1. The molecule has 5 nitrogen and oxygen atoms in total. The maximum atomic E-state index is 12.3. The number of hydrogen-bond donors (Lipinski definition) is 1. The summed E-state index contributed by atoms with van der Waals surface area (Å²) in [5.74, 6) is 0.558. The van der Waals surface area contributed by atoms with Gasteiger partial charge in [0.2, 0.25) is 5.91 Å². The number of anilines is 1. The van der Waals surface area contributed by atoms with Gasteiger partial charge in [-0.05, 0) is 42.5 Å². The van der Waals surface area contributed by atoms with E-state index in [4.69, 9.17) is 4.74 Å². The standard InChI is InChI=1S/C18H15BrN2O3/c1-24-15-5-3-14(4-6-15)20-18(23)10-21-9-12(11-22)16-8-13(19)2-7-17(16)21/h2-9,11H,10H2,1H3,(H,20,23). The van der Waals surface area contributed by atoms with Gasteiger partial charge in [-0.2, -0.15) is 0 Å². The van der Waals surface area contributed by atoms with E-state index in [9.17, 15) is 9.59 Å². The van der Waals surface area contributed by atoms with Gasteiger partial charge in [-0.1, -0.05) is 15.9 Å². The highest BCUT2D eigenvalue weighted by atomic mass is 79.9. The Hall–Kier alpha value is -2.60. The van der Waals surface area contributed by atoms with Crippen molar-refractivity contribution in [3.63, 3.8) is 0 Å². The summed E-state index contributed by atoms with van der Waals surface area (Å²) >= 11 is 3.40. The van der Waals surface area contributed by atoms with Crippen LogP contribution in [0.3, 0.4) is 0 Å². The van der Waals surface area contributed by atoms with E-state index in [0.717, 1.165) is 27.4 Å². The molecule has 0 fully saturated rings. The lowest BCUT2D eigenvalue weighted by Gasteiger charge is -2.08. The summed E-state index contributed by atoms with van der Waals surface area (Å²) in [6.07, 6.45) is 2.49. The van der Waals surface area contributed by atoms with Crippen LogP contribution in [0.15, 0.2) is 53.1 Å². The number of methoxy groups -OCH3 is 1. The number of halogens is 1. The Kier molecular flexibility index (Phi) is 4.66. The summed E-state index contributed by atoms with van der Waals surface area (Å²) in [6, 6.07) is 12.8. The summed E-state index contributed by atoms with van der Waals surface area (Å²) in [7, 11) is 1.59. The minimum absolute atomic E-state index is 0.123. The molecule has 122 valence electrons. The first kappa shape index (κ1) is 16.3. The van der Waals surface area contributed by atoms with Crippen molar-refractivity contribution in [1.29, 1.82) is 0 Å². The normalized spacial score (nSPS) is 10.6. The van der Waals surface area contributed by atoms with Crippen molar-refractivity contribution in [2.75, 3.05) is 12.4 Å². The van der Waals surface area contributed by atoms with Crippen LogP contribution in [0.1, 0.15) is 10.4 Å². The molecule has 0 unspecified atom stereocenters. The molecule has 0 aliphatic rings. The van der Waals surface area contributed by atoms with Crippen molar-refractivity contribution in [3.05, 3.63) is 58.7 Å². The smallest absolute Gasteiger partial charge is 0.244 e. The molecule has 0 saturated heterocycles. The first-order valence-corrected chi connectivity index (χ1v) is 8.07. The number of amides is 1. The number of rotatable bonds is 5. The van der Waals surface area contributed by atoms with Gasteiger partial charge in [0.15, 0.2) is 6.29 Å². The zero-order valence-corrected chi connectivity index (χ0v) is 14.5. The Balaban J connectivity index is 1.81. The molecule has 2 aromatic carbocycles. The monoisotopic (exact) mass is 386 g/mol. The first-order chi connectivity index (χ1) is 11.6. The lowest BCUT2D eigenvalue weighted by Crippen LogP contribution is -2.18. The topological polar surface area (TPSA) is 60.3 Å². The Morgan fingerprint density at radius 1 is 1.25 bits per heavy atom. The summed E-state index contributed by atoms with van der Waals surface area (Å²) in [4.78, 5) is 23.5. The highest BCUT2D eigenvalue weighted by Crippen LogP contribution is 2.24. The Bertz CT molecular complexity index is 901. The fourth-order valence-electron chi connectivity index (χ4n) is 2.55. The number of benzene rings is 2. The molecule has 0 aliphatic carbocycles. The van der Waals surface area contributed by atoms with E-state index in [-0.39, 0.29) is 12.5 Å². The zero-order valence-electron chi connectivity index (χ0n) is 13.0. The van der Waals surface area contributed by atoms with Crippen LogP contribution in [0.25, 0.3) is 10.9 Å². The largest absolute Gasteiger partial charge is 0.497 e. The molecular weight excluding hydrogens is 372 g/mol. The number of hydrogen-bond acceptors (Lipinski definition) is 3. The van der Waals surface area contributed by atoms with Gasteiger partial charge >= 0.3 is 0 Å². The average molecular weight is 387 g/mol. The quantitative estimate of drug-likeness (QED) is 0.677. The number of nitrogens with zero attached hydrogens (tertiary/aromatic N) is 1. The van der Waals surface area contributed by atoms with Crippen LogP contribution in [0.2, 0.25) is 0 Å². The zero-order chi connectivity index (χ0) is 17.1. The molecule has 1 aromatic heterocycles. The van der Waals surface area contributed by atoms with Gasteiger partial charge in [0.25, 0.3) is 0 Å². The third-order valence-electron chi connectivity index (χ3n) is 3.69. The third kappa shape index (κ3) is 3.33. The van der Waals surface area contributed by atoms with Crippen LogP contribution in [-0.4, -0.2) is 23.9 Å². The van der Waals surface area contributed by atoms with Gasteiger partial charge in [-0.15, -0.1) is 0 Å². The molecule has 0 bridgehead atoms. The van der Waals surface area contributed by atoms with Gasteiger partial charge in [0.05, 0.1) is 7.11 Å². The first-order valence-electron chi connectivity index (χ1n) is 7.28. The Morgan fingerprint density at radius 3 is 2.67 bits per heavy atom. The number of carbonyl (C=O) groups excluding carboxylic acids is 2. The van der Waals surface area contributed by atoms with E-state index in [0.29, 0.717) is 11.3 Å². The molecule has 0 saturated carbocycles. The molecule has 1 heterocycles. The van der Waals surface area contributed by atoms with Crippen molar-refractivity contribution in [1.82, 2.24) is 4.57 Å². The third-order valence-corrected chi connectivity index (χ3v) is 4.18. The van der Waals surface area contributed by atoms with E-state index in [1.54, 1.807) is 42.1 Å².